The Morgan fingerprint density at radius 2 is 1.68 bits per heavy atom. The molecule has 1 unspecified atom stereocenters. The molecule has 6 heteroatoms. The number of hydrogen-bond donors (Lipinski definition) is 1. The number of piperidine rings is 1. The van der Waals surface area contributed by atoms with Crippen molar-refractivity contribution < 1.29 is 13.2 Å². The van der Waals surface area contributed by atoms with Gasteiger partial charge in [-0.15, -0.1) is 0 Å². The molecule has 1 amide bonds. The fourth-order valence-electron chi connectivity index (χ4n) is 4.00. The number of nitrogens with zero attached hydrogens (tertiary/aromatic N) is 1. The molecule has 1 aliphatic rings. The molecule has 0 bridgehead atoms. The van der Waals surface area contributed by atoms with Crippen molar-refractivity contribution >= 4 is 15.9 Å². The van der Waals surface area contributed by atoms with Crippen LogP contribution in [-0.4, -0.2) is 37.8 Å². The molecule has 1 heterocycles. The lowest BCUT2D eigenvalue weighted by atomic mass is 9.87. The number of sulfonamides is 1. The third-order valence-electron chi connectivity index (χ3n) is 5.98. The number of carbonyl (C=O) groups excluding carboxylic acids is 1. The van der Waals surface area contributed by atoms with Crippen molar-refractivity contribution in [1.82, 2.24) is 9.62 Å². The van der Waals surface area contributed by atoms with Crippen molar-refractivity contribution in [2.45, 2.75) is 69.7 Å². The smallest absolute Gasteiger partial charge is 0.251 e. The quantitative estimate of drug-likeness (QED) is 0.708. The molecule has 1 atom stereocenters. The summed E-state index contributed by atoms with van der Waals surface area (Å²) in [5.41, 5.74) is 2.89. The van der Waals surface area contributed by atoms with E-state index in [9.17, 15) is 13.2 Å². The Morgan fingerprint density at radius 1 is 1.03 bits per heavy atom. The largest absolute Gasteiger partial charge is 0.352 e. The Kier molecular flexibility index (Phi) is 7.22. The first-order valence-electron chi connectivity index (χ1n) is 11.1. The number of rotatable bonds is 6. The van der Waals surface area contributed by atoms with Gasteiger partial charge in [-0.1, -0.05) is 57.0 Å². The van der Waals surface area contributed by atoms with Crippen LogP contribution in [0.2, 0.25) is 0 Å². The van der Waals surface area contributed by atoms with Crippen molar-refractivity contribution in [2.24, 2.45) is 0 Å². The lowest BCUT2D eigenvalue weighted by Gasteiger charge is -2.34. The summed E-state index contributed by atoms with van der Waals surface area (Å²) in [4.78, 5) is 12.9. The fourth-order valence-corrected chi connectivity index (χ4v) is 5.72. The van der Waals surface area contributed by atoms with Crippen molar-refractivity contribution in [3.8, 4) is 0 Å². The highest BCUT2D eigenvalue weighted by Gasteiger charge is 2.33. The van der Waals surface area contributed by atoms with Crippen LogP contribution in [0.15, 0.2) is 53.4 Å². The van der Waals surface area contributed by atoms with Crippen LogP contribution in [0, 0.1) is 6.92 Å². The number of benzene rings is 2. The van der Waals surface area contributed by atoms with Gasteiger partial charge in [0, 0.05) is 24.7 Å². The standard InChI is InChI=1S/C25H34N2O3S/c1-19-8-14-23(15-9-19)31(29,30)27-18-6-5-7-22(27)16-17-26-24(28)20-10-12-21(13-11-20)25(2,3)4/h8-15,22H,5-7,16-18H2,1-4H3,(H,26,28). The van der Waals surface area contributed by atoms with Crippen molar-refractivity contribution in [3.05, 3.63) is 65.2 Å². The minimum atomic E-state index is -3.53. The van der Waals surface area contributed by atoms with Gasteiger partial charge in [0.25, 0.3) is 5.91 Å². The van der Waals surface area contributed by atoms with E-state index in [1.54, 1.807) is 16.4 Å². The van der Waals surface area contributed by atoms with E-state index < -0.39 is 10.0 Å². The lowest BCUT2D eigenvalue weighted by Crippen LogP contribution is -2.45. The van der Waals surface area contributed by atoms with Crippen LogP contribution in [0.5, 0.6) is 0 Å². The molecular weight excluding hydrogens is 408 g/mol. The molecule has 2 aromatic carbocycles. The van der Waals surface area contributed by atoms with Crippen molar-refractivity contribution in [3.63, 3.8) is 0 Å². The molecule has 2 aromatic rings. The molecule has 0 radical (unpaired) electrons. The van der Waals surface area contributed by atoms with Crippen LogP contribution >= 0.6 is 0 Å². The van der Waals surface area contributed by atoms with Gasteiger partial charge < -0.3 is 5.32 Å². The van der Waals surface area contributed by atoms with Gasteiger partial charge in [-0.05, 0) is 61.4 Å². The summed E-state index contributed by atoms with van der Waals surface area (Å²) in [7, 11) is -3.53. The van der Waals surface area contributed by atoms with E-state index in [2.05, 4.69) is 26.1 Å². The second-order valence-corrected chi connectivity index (χ2v) is 11.3. The predicted molar refractivity (Wildman–Crippen MR) is 125 cm³/mol. The number of hydrogen-bond acceptors (Lipinski definition) is 3. The Bertz CT molecular complexity index is 991. The third kappa shape index (κ3) is 5.74. The average Bonchev–Trinajstić information content (AvgIpc) is 2.74. The van der Waals surface area contributed by atoms with Gasteiger partial charge in [0.1, 0.15) is 0 Å². The van der Waals surface area contributed by atoms with Gasteiger partial charge in [-0.2, -0.15) is 4.31 Å². The van der Waals surface area contributed by atoms with E-state index in [1.165, 1.54) is 5.56 Å². The highest BCUT2D eigenvalue weighted by Crippen LogP contribution is 2.27. The minimum Gasteiger partial charge on any atom is -0.352 e. The van der Waals surface area contributed by atoms with Gasteiger partial charge in [0.2, 0.25) is 10.0 Å². The number of carbonyl (C=O) groups is 1. The molecule has 1 aliphatic heterocycles. The topological polar surface area (TPSA) is 66.5 Å². The Balaban J connectivity index is 1.62. The summed E-state index contributed by atoms with van der Waals surface area (Å²) in [5, 5.41) is 2.96. The van der Waals surface area contributed by atoms with Crippen LogP contribution in [0.1, 0.15) is 67.9 Å². The second-order valence-electron chi connectivity index (χ2n) is 9.45. The summed E-state index contributed by atoms with van der Waals surface area (Å²) in [6.07, 6.45) is 3.30. The van der Waals surface area contributed by atoms with E-state index in [4.69, 9.17) is 0 Å². The number of amides is 1. The molecule has 0 saturated carbocycles. The molecule has 0 aliphatic carbocycles. The number of nitrogens with one attached hydrogen (secondary N) is 1. The van der Waals surface area contributed by atoms with Crippen LogP contribution in [-0.2, 0) is 15.4 Å². The highest BCUT2D eigenvalue weighted by molar-refractivity contribution is 7.89. The average molecular weight is 443 g/mol. The highest BCUT2D eigenvalue weighted by atomic mass is 32.2. The van der Waals surface area contributed by atoms with Crippen LogP contribution in [0.25, 0.3) is 0 Å². The maximum atomic E-state index is 13.2. The molecule has 1 N–H and O–H groups in total. The molecule has 0 spiro atoms. The summed E-state index contributed by atoms with van der Waals surface area (Å²) >= 11 is 0. The predicted octanol–water partition coefficient (Wildman–Crippen LogP) is 4.66. The van der Waals surface area contributed by atoms with E-state index >= 15 is 0 Å². The zero-order valence-corrected chi connectivity index (χ0v) is 19.8. The maximum Gasteiger partial charge on any atom is 0.251 e. The molecule has 0 aromatic heterocycles. The van der Waals surface area contributed by atoms with E-state index in [0.29, 0.717) is 30.0 Å². The second kappa shape index (κ2) is 9.53. The molecule has 3 rings (SSSR count). The zero-order valence-electron chi connectivity index (χ0n) is 19.0. The first-order valence-corrected chi connectivity index (χ1v) is 12.5. The molecule has 1 fully saturated rings. The summed E-state index contributed by atoms with van der Waals surface area (Å²) in [6.45, 7) is 9.35. The van der Waals surface area contributed by atoms with Crippen LogP contribution in [0.3, 0.4) is 0 Å². The molecule has 1 saturated heterocycles. The SMILES string of the molecule is Cc1ccc(S(=O)(=O)N2CCCCC2CCNC(=O)c2ccc(C(C)(C)C)cc2)cc1. The summed E-state index contributed by atoms with van der Waals surface area (Å²) in [6, 6.07) is 14.6. The van der Waals surface area contributed by atoms with Gasteiger partial charge in [0.15, 0.2) is 0 Å². The Morgan fingerprint density at radius 3 is 2.29 bits per heavy atom. The maximum absolute atomic E-state index is 13.2. The Labute approximate surface area is 186 Å². The van der Waals surface area contributed by atoms with Gasteiger partial charge in [0.05, 0.1) is 4.90 Å². The normalized spacial score (nSPS) is 18.0. The van der Waals surface area contributed by atoms with E-state index in [-0.39, 0.29) is 17.4 Å². The monoisotopic (exact) mass is 442 g/mol. The van der Waals surface area contributed by atoms with Gasteiger partial charge in [-0.25, -0.2) is 8.42 Å². The molecule has 168 valence electrons. The third-order valence-corrected chi connectivity index (χ3v) is 7.94. The summed E-state index contributed by atoms with van der Waals surface area (Å²) in [5.74, 6) is -0.121. The summed E-state index contributed by atoms with van der Waals surface area (Å²) < 4.78 is 28.0. The van der Waals surface area contributed by atoms with E-state index in [1.807, 2.05) is 43.3 Å². The first-order chi connectivity index (χ1) is 14.6. The van der Waals surface area contributed by atoms with Crippen molar-refractivity contribution in [1.29, 1.82) is 0 Å². The molecular formula is C25H34N2O3S. The molecule has 31 heavy (non-hydrogen) atoms. The Hall–Kier alpha value is -2.18. The van der Waals surface area contributed by atoms with Gasteiger partial charge in [-0.3, -0.25) is 4.79 Å². The number of aryl methyl sites for hydroxylation is 1. The van der Waals surface area contributed by atoms with Crippen LogP contribution in [0.4, 0.5) is 0 Å². The minimum absolute atomic E-state index is 0.0440. The van der Waals surface area contributed by atoms with Crippen LogP contribution < -0.4 is 5.32 Å². The van der Waals surface area contributed by atoms with Gasteiger partial charge >= 0.3 is 0 Å². The van der Waals surface area contributed by atoms with E-state index in [0.717, 1.165) is 24.8 Å². The first kappa shape index (κ1) is 23.5. The lowest BCUT2D eigenvalue weighted by molar-refractivity contribution is 0.0949. The van der Waals surface area contributed by atoms with Crippen molar-refractivity contribution in [2.75, 3.05) is 13.1 Å². The zero-order chi connectivity index (χ0) is 22.6. The molecule has 5 nitrogen and oxygen atoms in total. The fraction of sp³-hybridized carbons (Fsp3) is 0.480.